The number of hydrogen-bond donors (Lipinski definition) is 1. The summed E-state index contributed by atoms with van der Waals surface area (Å²) in [5, 5.41) is 3.61. The first kappa shape index (κ1) is 13.6. The van der Waals surface area contributed by atoms with Gasteiger partial charge in [-0.2, -0.15) is 0 Å². The van der Waals surface area contributed by atoms with Crippen LogP contribution in [0.15, 0.2) is 18.2 Å². The lowest BCUT2D eigenvalue weighted by molar-refractivity contribution is 0.103. The Hall–Kier alpha value is -0.860. The van der Waals surface area contributed by atoms with E-state index >= 15 is 0 Å². The molecule has 1 heterocycles. The van der Waals surface area contributed by atoms with E-state index in [1.165, 1.54) is 29.5 Å². The third-order valence-electron chi connectivity index (χ3n) is 3.83. The lowest BCUT2D eigenvalue weighted by Crippen LogP contribution is -2.23. The molecule has 1 N–H and O–H groups in total. The summed E-state index contributed by atoms with van der Waals surface area (Å²) in [6.07, 6.45) is 4.09. The Morgan fingerprint density at radius 1 is 1.39 bits per heavy atom. The van der Waals surface area contributed by atoms with Crippen LogP contribution in [-0.2, 0) is 4.74 Å². The van der Waals surface area contributed by atoms with E-state index < -0.39 is 0 Å². The van der Waals surface area contributed by atoms with E-state index in [0.29, 0.717) is 12.1 Å². The van der Waals surface area contributed by atoms with Crippen molar-refractivity contribution >= 4 is 0 Å². The molecule has 0 saturated carbocycles. The molecule has 1 saturated heterocycles. The Labute approximate surface area is 111 Å². The van der Waals surface area contributed by atoms with Crippen LogP contribution in [0.2, 0.25) is 0 Å². The molecule has 0 aliphatic carbocycles. The molecule has 2 rings (SSSR count). The van der Waals surface area contributed by atoms with Gasteiger partial charge in [0.15, 0.2) is 0 Å². The van der Waals surface area contributed by atoms with Gasteiger partial charge in [0.05, 0.1) is 6.10 Å². The van der Waals surface area contributed by atoms with Gasteiger partial charge in [-0.3, -0.25) is 0 Å². The van der Waals surface area contributed by atoms with Crippen LogP contribution >= 0.6 is 0 Å². The molecule has 2 nitrogen and oxygen atoms in total. The second-order valence-electron chi connectivity index (χ2n) is 5.46. The van der Waals surface area contributed by atoms with Crippen molar-refractivity contribution in [3.63, 3.8) is 0 Å². The smallest absolute Gasteiger partial charge is 0.0588 e. The van der Waals surface area contributed by atoms with Crippen LogP contribution in [0.25, 0.3) is 0 Å². The topological polar surface area (TPSA) is 21.3 Å². The van der Waals surface area contributed by atoms with Gasteiger partial charge < -0.3 is 10.1 Å². The summed E-state index contributed by atoms with van der Waals surface area (Å²) in [6, 6.07) is 7.12. The molecule has 2 heteroatoms. The largest absolute Gasteiger partial charge is 0.378 e. The van der Waals surface area contributed by atoms with Crippen molar-refractivity contribution in [2.24, 2.45) is 0 Å². The zero-order valence-corrected chi connectivity index (χ0v) is 11.8. The van der Waals surface area contributed by atoms with Gasteiger partial charge in [0.2, 0.25) is 0 Å². The van der Waals surface area contributed by atoms with Gasteiger partial charge >= 0.3 is 0 Å². The number of benzene rings is 1. The van der Waals surface area contributed by atoms with Crippen LogP contribution in [0, 0.1) is 13.8 Å². The summed E-state index contributed by atoms with van der Waals surface area (Å²) < 4.78 is 5.64. The average molecular weight is 247 g/mol. The predicted molar refractivity (Wildman–Crippen MR) is 75.9 cm³/mol. The van der Waals surface area contributed by atoms with Crippen LogP contribution in [0.4, 0.5) is 0 Å². The normalized spacial score (nSPS) is 21.2. The predicted octanol–water partition coefficient (Wildman–Crippen LogP) is 3.52. The lowest BCUT2D eigenvalue weighted by Gasteiger charge is -2.18. The fourth-order valence-corrected chi connectivity index (χ4v) is 2.75. The summed E-state index contributed by atoms with van der Waals surface area (Å²) in [5.74, 6) is 0. The molecule has 2 atom stereocenters. The van der Waals surface area contributed by atoms with Gasteiger partial charge in [0.1, 0.15) is 0 Å². The zero-order chi connectivity index (χ0) is 13.0. The fourth-order valence-electron chi connectivity index (χ4n) is 2.75. The first-order valence-corrected chi connectivity index (χ1v) is 7.09. The number of hydrogen-bond acceptors (Lipinski definition) is 2. The first-order valence-electron chi connectivity index (χ1n) is 7.09. The molecular weight excluding hydrogens is 222 g/mol. The van der Waals surface area contributed by atoms with Gasteiger partial charge in [0.25, 0.3) is 0 Å². The minimum atomic E-state index is 0.423. The van der Waals surface area contributed by atoms with Crippen molar-refractivity contribution in [3.05, 3.63) is 34.9 Å². The molecule has 1 aliphatic heterocycles. The molecule has 0 aromatic heterocycles. The van der Waals surface area contributed by atoms with Gasteiger partial charge in [-0.1, -0.05) is 23.8 Å². The monoisotopic (exact) mass is 247 g/mol. The molecule has 1 aromatic rings. The zero-order valence-electron chi connectivity index (χ0n) is 11.8. The van der Waals surface area contributed by atoms with E-state index in [4.69, 9.17) is 4.74 Å². The Balaban J connectivity index is 1.81. The highest BCUT2D eigenvalue weighted by Gasteiger charge is 2.15. The van der Waals surface area contributed by atoms with Gasteiger partial charge in [0, 0.05) is 12.6 Å². The maximum atomic E-state index is 5.64. The molecule has 100 valence electrons. The molecule has 0 amide bonds. The lowest BCUT2D eigenvalue weighted by atomic mass is 10.00. The fraction of sp³-hybridized carbons (Fsp3) is 0.625. The minimum absolute atomic E-state index is 0.423. The van der Waals surface area contributed by atoms with Crippen LogP contribution < -0.4 is 5.32 Å². The maximum Gasteiger partial charge on any atom is 0.0588 e. The summed E-state index contributed by atoms with van der Waals surface area (Å²) in [6.45, 7) is 8.58. The molecular formula is C16H25NO. The van der Waals surface area contributed by atoms with Crippen LogP contribution in [0.5, 0.6) is 0 Å². The first-order chi connectivity index (χ1) is 8.66. The van der Waals surface area contributed by atoms with E-state index in [-0.39, 0.29) is 0 Å². The van der Waals surface area contributed by atoms with Crippen molar-refractivity contribution in [2.75, 3.05) is 13.2 Å². The van der Waals surface area contributed by atoms with E-state index in [2.05, 4.69) is 44.3 Å². The number of nitrogens with one attached hydrogen (secondary N) is 1. The number of aryl methyl sites for hydroxylation is 2. The van der Waals surface area contributed by atoms with Gasteiger partial charge in [-0.05, 0) is 57.7 Å². The Morgan fingerprint density at radius 3 is 2.89 bits per heavy atom. The minimum Gasteiger partial charge on any atom is -0.378 e. The van der Waals surface area contributed by atoms with E-state index in [0.717, 1.165) is 19.6 Å². The third-order valence-corrected chi connectivity index (χ3v) is 3.83. The Kier molecular flexibility index (Phi) is 4.79. The van der Waals surface area contributed by atoms with Crippen LogP contribution in [0.1, 0.15) is 48.9 Å². The summed E-state index contributed by atoms with van der Waals surface area (Å²) in [4.78, 5) is 0. The van der Waals surface area contributed by atoms with Crippen molar-refractivity contribution in [3.8, 4) is 0 Å². The summed E-state index contributed by atoms with van der Waals surface area (Å²) >= 11 is 0. The molecule has 0 radical (unpaired) electrons. The Morgan fingerprint density at radius 2 is 2.22 bits per heavy atom. The molecule has 0 bridgehead atoms. The van der Waals surface area contributed by atoms with Gasteiger partial charge in [-0.15, -0.1) is 0 Å². The maximum absolute atomic E-state index is 5.64. The molecule has 2 unspecified atom stereocenters. The van der Waals surface area contributed by atoms with Gasteiger partial charge in [-0.25, -0.2) is 0 Å². The standard InChI is InChI=1S/C16H25NO/c1-12-6-7-16(13(2)11-12)14(3)17-9-8-15-5-4-10-18-15/h6-7,11,14-15,17H,4-5,8-10H2,1-3H3. The van der Waals surface area contributed by atoms with Crippen molar-refractivity contribution in [1.29, 1.82) is 0 Å². The highest BCUT2D eigenvalue weighted by atomic mass is 16.5. The number of ether oxygens (including phenoxy) is 1. The molecule has 1 aromatic carbocycles. The molecule has 18 heavy (non-hydrogen) atoms. The van der Waals surface area contributed by atoms with Crippen molar-refractivity contribution in [2.45, 2.75) is 52.2 Å². The highest BCUT2D eigenvalue weighted by molar-refractivity contribution is 5.32. The van der Waals surface area contributed by atoms with E-state index in [1.54, 1.807) is 0 Å². The molecule has 1 aliphatic rings. The Bertz CT molecular complexity index is 383. The molecule has 0 spiro atoms. The quantitative estimate of drug-likeness (QED) is 0.859. The van der Waals surface area contributed by atoms with Crippen LogP contribution in [0.3, 0.4) is 0 Å². The summed E-state index contributed by atoms with van der Waals surface area (Å²) in [7, 11) is 0. The summed E-state index contributed by atoms with van der Waals surface area (Å²) in [5.41, 5.74) is 4.13. The van der Waals surface area contributed by atoms with E-state index in [1.807, 2.05) is 0 Å². The number of rotatable bonds is 5. The third kappa shape index (κ3) is 3.56. The second-order valence-corrected chi connectivity index (χ2v) is 5.46. The van der Waals surface area contributed by atoms with Crippen LogP contribution in [-0.4, -0.2) is 19.3 Å². The average Bonchev–Trinajstić information content (AvgIpc) is 2.81. The SMILES string of the molecule is Cc1ccc(C(C)NCCC2CCCO2)c(C)c1. The second kappa shape index (κ2) is 6.35. The molecule has 1 fully saturated rings. The highest BCUT2D eigenvalue weighted by Crippen LogP contribution is 2.19. The van der Waals surface area contributed by atoms with E-state index in [9.17, 15) is 0 Å². The van der Waals surface area contributed by atoms with Crippen molar-refractivity contribution < 1.29 is 4.74 Å². The van der Waals surface area contributed by atoms with Crippen molar-refractivity contribution in [1.82, 2.24) is 5.32 Å².